The number of Topliss-reactive ketones (excluding diaryl/α,β-unsaturated/α-hetero) is 1. The third kappa shape index (κ3) is 2.11. The molecule has 2 heteroatoms. The van der Waals surface area contributed by atoms with Gasteiger partial charge in [0.15, 0.2) is 0 Å². The molecule has 1 atom stereocenters. The lowest BCUT2D eigenvalue weighted by Gasteiger charge is -2.26. The highest BCUT2D eigenvalue weighted by Gasteiger charge is 2.37. The predicted octanol–water partition coefficient (Wildman–Crippen LogP) is 2.13. The number of carbonyl (C=O) groups excluding carboxylic acids is 1. The van der Waals surface area contributed by atoms with Crippen molar-refractivity contribution >= 4 is 5.78 Å². The van der Waals surface area contributed by atoms with E-state index in [1.165, 1.54) is 0 Å². The highest BCUT2D eigenvalue weighted by molar-refractivity contribution is 5.81. The van der Waals surface area contributed by atoms with Gasteiger partial charge in [0.25, 0.3) is 0 Å². The van der Waals surface area contributed by atoms with E-state index >= 15 is 0 Å². The van der Waals surface area contributed by atoms with Crippen molar-refractivity contribution in [2.75, 3.05) is 6.54 Å². The number of ketones is 1. The Balaban J connectivity index is 2.56. The summed E-state index contributed by atoms with van der Waals surface area (Å²) in [6.07, 6.45) is 4.01. The summed E-state index contributed by atoms with van der Waals surface area (Å²) in [5.74, 6) is 0.709. The average molecular weight is 183 g/mol. The number of hydrogen-bond acceptors (Lipinski definition) is 2. The highest BCUT2D eigenvalue weighted by atomic mass is 16.1. The molecule has 0 bridgehead atoms. The van der Waals surface area contributed by atoms with Crippen LogP contribution in [0.5, 0.6) is 0 Å². The zero-order valence-corrected chi connectivity index (χ0v) is 9.02. The number of hydrogen-bond donors (Lipinski definition) is 1. The van der Waals surface area contributed by atoms with Crippen LogP contribution >= 0.6 is 0 Å². The van der Waals surface area contributed by atoms with Crippen LogP contribution < -0.4 is 5.32 Å². The normalized spacial score (nSPS) is 26.2. The quantitative estimate of drug-likeness (QED) is 0.723. The molecule has 0 amide bonds. The van der Waals surface area contributed by atoms with Crippen molar-refractivity contribution in [2.24, 2.45) is 5.92 Å². The van der Waals surface area contributed by atoms with Crippen LogP contribution in [-0.2, 0) is 4.79 Å². The lowest BCUT2D eigenvalue weighted by atomic mass is 9.86. The molecule has 0 radical (unpaired) electrons. The zero-order chi connectivity index (χ0) is 9.90. The molecule has 1 N–H and O–H groups in total. The minimum Gasteiger partial charge on any atom is -0.311 e. The zero-order valence-electron chi connectivity index (χ0n) is 9.02. The van der Waals surface area contributed by atoms with Gasteiger partial charge in [-0.25, -0.2) is 0 Å². The van der Waals surface area contributed by atoms with Gasteiger partial charge in [0.05, 0.1) is 0 Å². The summed E-state index contributed by atoms with van der Waals surface area (Å²) < 4.78 is 0. The summed E-state index contributed by atoms with van der Waals surface area (Å²) in [7, 11) is 0. The molecule has 76 valence electrons. The first-order valence-electron chi connectivity index (χ1n) is 5.45. The van der Waals surface area contributed by atoms with E-state index in [0.29, 0.717) is 12.2 Å². The third-order valence-electron chi connectivity index (χ3n) is 3.52. The van der Waals surface area contributed by atoms with Gasteiger partial charge in [0.1, 0.15) is 5.78 Å². The predicted molar refractivity (Wildman–Crippen MR) is 54.7 cm³/mol. The summed E-state index contributed by atoms with van der Waals surface area (Å²) >= 11 is 0. The Kier molecular flexibility index (Phi) is 3.48. The van der Waals surface area contributed by atoms with E-state index in [9.17, 15) is 4.79 Å². The van der Waals surface area contributed by atoms with Crippen molar-refractivity contribution < 1.29 is 4.79 Å². The summed E-state index contributed by atoms with van der Waals surface area (Å²) in [4.78, 5) is 11.5. The fourth-order valence-electron chi connectivity index (χ4n) is 2.26. The third-order valence-corrected chi connectivity index (χ3v) is 3.52. The maximum Gasteiger partial charge on any atom is 0.137 e. The molecule has 0 aromatic rings. The molecule has 1 saturated heterocycles. The maximum atomic E-state index is 11.5. The lowest BCUT2D eigenvalue weighted by molar-refractivity contribution is -0.122. The summed E-state index contributed by atoms with van der Waals surface area (Å²) in [5, 5.41) is 3.51. The van der Waals surface area contributed by atoms with E-state index in [2.05, 4.69) is 19.2 Å². The van der Waals surface area contributed by atoms with Gasteiger partial charge in [-0.15, -0.1) is 0 Å². The topological polar surface area (TPSA) is 29.1 Å². The molecule has 0 saturated carbocycles. The number of nitrogens with one attached hydrogen (secondary N) is 1. The average Bonchev–Trinajstić information content (AvgIpc) is 2.61. The van der Waals surface area contributed by atoms with Crippen LogP contribution in [0.2, 0.25) is 0 Å². The van der Waals surface area contributed by atoms with Crippen molar-refractivity contribution in [2.45, 2.75) is 52.0 Å². The van der Waals surface area contributed by atoms with E-state index in [1.54, 1.807) is 0 Å². The number of carbonyl (C=O) groups is 1. The fraction of sp³-hybridized carbons (Fsp3) is 0.909. The molecule has 1 heterocycles. The summed E-state index contributed by atoms with van der Waals surface area (Å²) in [6, 6.07) is 0. The van der Waals surface area contributed by atoms with Crippen LogP contribution in [0.25, 0.3) is 0 Å². The molecular weight excluding hydrogens is 162 g/mol. The standard InChI is InChI=1S/C11H21NO/c1-4-10(13)9-7-11(5-2,6-3)12-8-9/h9,12H,4-8H2,1-3H3. The molecule has 1 unspecified atom stereocenters. The van der Waals surface area contributed by atoms with Crippen LogP contribution in [-0.4, -0.2) is 17.9 Å². The minimum atomic E-state index is 0.259. The second-order valence-corrected chi connectivity index (χ2v) is 4.09. The monoisotopic (exact) mass is 183 g/mol. The van der Waals surface area contributed by atoms with Crippen LogP contribution in [0.3, 0.4) is 0 Å². The SMILES string of the molecule is CCC(=O)C1CNC(CC)(CC)C1. The van der Waals surface area contributed by atoms with Crippen molar-refractivity contribution in [1.82, 2.24) is 5.32 Å². The van der Waals surface area contributed by atoms with Gasteiger partial charge in [0.2, 0.25) is 0 Å². The molecule has 2 nitrogen and oxygen atoms in total. The van der Waals surface area contributed by atoms with Gasteiger partial charge in [0, 0.05) is 24.4 Å². The van der Waals surface area contributed by atoms with Crippen molar-refractivity contribution in [1.29, 1.82) is 0 Å². The second kappa shape index (κ2) is 4.23. The molecule has 0 aliphatic carbocycles. The second-order valence-electron chi connectivity index (χ2n) is 4.09. The number of rotatable bonds is 4. The highest BCUT2D eigenvalue weighted by Crippen LogP contribution is 2.30. The molecule has 1 aliphatic heterocycles. The molecule has 1 rings (SSSR count). The molecule has 1 fully saturated rings. The Labute approximate surface area is 81.1 Å². The van der Waals surface area contributed by atoms with Crippen molar-refractivity contribution in [3.05, 3.63) is 0 Å². The molecule has 0 aromatic carbocycles. The molecule has 0 aromatic heterocycles. The Morgan fingerprint density at radius 2 is 2.00 bits per heavy atom. The Morgan fingerprint density at radius 1 is 1.38 bits per heavy atom. The van der Waals surface area contributed by atoms with E-state index in [-0.39, 0.29) is 11.5 Å². The van der Waals surface area contributed by atoms with Gasteiger partial charge >= 0.3 is 0 Å². The van der Waals surface area contributed by atoms with E-state index in [1.807, 2.05) is 6.92 Å². The van der Waals surface area contributed by atoms with Gasteiger partial charge in [-0.05, 0) is 19.3 Å². The van der Waals surface area contributed by atoms with Crippen LogP contribution in [0, 0.1) is 5.92 Å². The van der Waals surface area contributed by atoms with Gasteiger partial charge in [-0.3, -0.25) is 4.79 Å². The Morgan fingerprint density at radius 3 is 2.38 bits per heavy atom. The van der Waals surface area contributed by atoms with Crippen LogP contribution in [0.4, 0.5) is 0 Å². The Hall–Kier alpha value is -0.370. The van der Waals surface area contributed by atoms with Gasteiger partial charge in [-0.1, -0.05) is 20.8 Å². The largest absolute Gasteiger partial charge is 0.311 e. The van der Waals surface area contributed by atoms with Crippen molar-refractivity contribution in [3.8, 4) is 0 Å². The van der Waals surface area contributed by atoms with Gasteiger partial charge in [-0.2, -0.15) is 0 Å². The molecule has 13 heavy (non-hydrogen) atoms. The minimum absolute atomic E-state index is 0.259. The lowest BCUT2D eigenvalue weighted by Crippen LogP contribution is -2.37. The van der Waals surface area contributed by atoms with E-state index < -0.39 is 0 Å². The molecule has 0 spiro atoms. The first-order valence-corrected chi connectivity index (χ1v) is 5.45. The van der Waals surface area contributed by atoms with Crippen LogP contribution in [0.15, 0.2) is 0 Å². The van der Waals surface area contributed by atoms with Crippen molar-refractivity contribution in [3.63, 3.8) is 0 Å². The summed E-state index contributed by atoms with van der Waals surface area (Å²) in [6.45, 7) is 7.26. The van der Waals surface area contributed by atoms with Crippen LogP contribution in [0.1, 0.15) is 46.5 Å². The maximum absolute atomic E-state index is 11.5. The smallest absolute Gasteiger partial charge is 0.137 e. The molecular formula is C11H21NO. The fourth-order valence-corrected chi connectivity index (χ4v) is 2.26. The first-order chi connectivity index (χ1) is 6.17. The Bertz CT molecular complexity index is 185. The first kappa shape index (κ1) is 10.7. The summed E-state index contributed by atoms with van der Waals surface area (Å²) in [5.41, 5.74) is 0.259. The van der Waals surface area contributed by atoms with E-state index in [0.717, 1.165) is 25.8 Å². The van der Waals surface area contributed by atoms with E-state index in [4.69, 9.17) is 0 Å². The van der Waals surface area contributed by atoms with Gasteiger partial charge < -0.3 is 5.32 Å². The molecule has 1 aliphatic rings.